The minimum atomic E-state index is -3.24. The van der Waals surface area contributed by atoms with Gasteiger partial charge in [-0.2, -0.15) is 4.31 Å². The van der Waals surface area contributed by atoms with Crippen molar-refractivity contribution >= 4 is 15.8 Å². The lowest BCUT2D eigenvalue weighted by atomic mass is 10.0. The molecule has 6 nitrogen and oxygen atoms in total. The molecule has 0 radical (unpaired) electrons. The van der Waals surface area contributed by atoms with Crippen LogP contribution in [0.5, 0.6) is 0 Å². The molecule has 0 bridgehead atoms. The van der Waals surface area contributed by atoms with Gasteiger partial charge in [-0.15, -0.1) is 0 Å². The average molecular weight is 312 g/mol. The van der Waals surface area contributed by atoms with E-state index in [1.807, 2.05) is 26.8 Å². The number of rotatable bonds is 4. The molecule has 1 aliphatic rings. The zero-order valence-electron chi connectivity index (χ0n) is 13.1. The van der Waals surface area contributed by atoms with Gasteiger partial charge in [0.1, 0.15) is 11.6 Å². The summed E-state index contributed by atoms with van der Waals surface area (Å²) < 4.78 is 25.5. The van der Waals surface area contributed by atoms with Crippen molar-refractivity contribution in [1.82, 2.24) is 14.3 Å². The third-order valence-corrected chi connectivity index (χ3v) is 4.77. The Kier molecular flexibility index (Phi) is 4.83. The number of nitrogens with zero attached hydrogens (tertiary/aromatic N) is 3. The van der Waals surface area contributed by atoms with E-state index in [1.54, 1.807) is 0 Å². The van der Waals surface area contributed by atoms with Crippen LogP contribution in [0, 0.1) is 6.92 Å². The molecular formula is C14H24N4O2S. The first-order valence-electron chi connectivity index (χ1n) is 7.36. The number of anilines is 1. The summed E-state index contributed by atoms with van der Waals surface area (Å²) in [7, 11) is -3.24. The molecule has 21 heavy (non-hydrogen) atoms. The molecule has 1 N–H and O–H groups in total. The molecule has 1 saturated heterocycles. The third kappa shape index (κ3) is 4.14. The lowest BCUT2D eigenvalue weighted by Gasteiger charge is -2.32. The van der Waals surface area contributed by atoms with E-state index >= 15 is 0 Å². The maximum absolute atomic E-state index is 12.0. The van der Waals surface area contributed by atoms with E-state index in [1.165, 1.54) is 10.6 Å². The molecule has 0 aromatic carbocycles. The Morgan fingerprint density at radius 2 is 2.05 bits per heavy atom. The monoisotopic (exact) mass is 312 g/mol. The van der Waals surface area contributed by atoms with Crippen LogP contribution in [0.1, 0.15) is 50.7 Å². The van der Waals surface area contributed by atoms with Crippen molar-refractivity contribution in [2.45, 2.75) is 52.1 Å². The highest BCUT2D eigenvalue weighted by Gasteiger charge is 2.32. The lowest BCUT2D eigenvalue weighted by Crippen LogP contribution is -2.38. The highest BCUT2D eigenvalue weighted by molar-refractivity contribution is 7.88. The molecule has 2 rings (SSSR count). The largest absolute Gasteiger partial charge is 0.368 e. The molecule has 1 unspecified atom stereocenters. The summed E-state index contributed by atoms with van der Waals surface area (Å²) in [6.45, 7) is 6.54. The molecule has 0 amide bonds. The van der Waals surface area contributed by atoms with Gasteiger partial charge < -0.3 is 5.32 Å². The van der Waals surface area contributed by atoms with Gasteiger partial charge in [0.25, 0.3) is 0 Å². The maximum atomic E-state index is 12.0. The second-order valence-corrected chi connectivity index (χ2v) is 7.87. The maximum Gasteiger partial charge on any atom is 0.211 e. The van der Waals surface area contributed by atoms with Gasteiger partial charge in [-0.3, -0.25) is 0 Å². The molecule has 2 heterocycles. The first kappa shape index (κ1) is 16.2. The SMILES string of the molecule is Cc1cc(NC(C)C)nc(C2CCCCN2S(C)(=O)=O)n1. The zero-order valence-corrected chi connectivity index (χ0v) is 13.9. The molecule has 0 aliphatic carbocycles. The highest BCUT2D eigenvalue weighted by atomic mass is 32.2. The Bertz CT molecular complexity index is 601. The number of aromatic nitrogens is 2. The summed E-state index contributed by atoms with van der Waals surface area (Å²) >= 11 is 0. The predicted molar refractivity (Wildman–Crippen MR) is 83.7 cm³/mol. The van der Waals surface area contributed by atoms with Crippen molar-refractivity contribution in [1.29, 1.82) is 0 Å². The Morgan fingerprint density at radius 3 is 2.67 bits per heavy atom. The van der Waals surface area contributed by atoms with Gasteiger partial charge in [0.05, 0.1) is 12.3 Å². The molecule has 1 atom stereocenters. The van der Waals surface area contributed by atoms with Crippen molar-refractivity contribution in [2.24, 2.45) is 0 Å². The molecule has 1 aliphatic heterocycles. The molecule has 0 spiro atoms. The number of hydrogen-bond acceptors (Lipinski definition) is 5. The molecule has 1 fully saturated rings. The highest BCUT2D eigenvalue weighted by Crippen LogP contribution is 2.31. The predicted octanol–water partition coefficient (Wildman–Crippen LogP) is 2.09. The van der Waals surface area contributed by atoms with Gasteiger partial charge in [0, 0.05) is 24.3 Å². The molecule has 7 heteroatoms. The van der Waals surface area contributed by atoms with Gasteiger partial charge in [-0.05, 0) is 33.6 Å². The minimum Gasteiger partial charge on any atom is -0.368 e. The van der Waals surface area contributed by atoms with Crippen LogP contribution in [0.4, 0.5) is 5.82 Å². The summed E-state index contributed by atoms with van der Waals surface area (Å²) in [6.07, 6.45) is 3.93. The van der Waals surface area contributed by atoms with Crippen molar-refractivity contribution in [3.8, 4) is 0 Å². The lowest BCUT2D eigenvalue weighted by molar-refractivity contribution is 0.248. The van der Waals surface area contributed by atoms with Crippen molar-refractivity contribution in [3.63, 3.8) is 0 Å². The first-order chi connectivity index (χ1) is 9.77. The number of aryl methyl sites for hydroxylation is 1. The Morgan fingerprint density at radius 1 is 1.33 bits per heavy atom. The van der Waals surface area contributed by atoms with Crippen molar-refractivity contribution < 1.29 is 8.42 Å². The van der Waals surface area contributed by atoms with E-state index in [9.17, 15) is 8.42 Å². The van der Waals surface area contributed by atoms with Crippen LogP contribution in [0.2, 0.25) is 0 Å². The van der Waals surface area contributed by atoms with Crippen molar-refractivity contribution in [3.05, 3.63) is 17.6 Å². The smallest absolute Gasteiger partial charge is 0.211 e. The summed E-state index contributed by atoms with van der Waals surface area (Å²) in [6, 6.07) is 1.91. The summed E-state index contributed by atoms with van der Waals surface area (Å²) in [5.41, 5.74) is 0.849. The van der Waals surface area contributed by atoms with Crippen LogP contribution in [-0.2, 0) is 10.0 Å². The van der Waals surface area contributed by atoms with Gasteiger partial charge in [0.15, 0.2) is 0 Å². The van der Waals surface area contributed by atoms with Gasteiger partial charge in [-0.1, -0.05) is 6.42 Å². The summed E-state index contributed by atoms with van der Waals surface area (Å²) in [5.74, 6) is 1.36. The second kappa shape index (κ2) is 6.27. The molecule has 118 valence electrons. The van der Waals surface area contributed by atoms with Gasteiger partial charge >= 0.3 is 0 Å². The molecule has 1 aromatic heterocycles. The normalized spacial score (nSPS) is 20.7. The van der Waals surface area contributed by atoms with Crippen LogP contribution in [0.25, 0.3) is 0 Å². The number of sulfonamides is 1. The third-order valence-electron chi connectivity index (χ3n) is 3.49. The Balaban J connectivity index is 2.36. The Labute approximate surface area is 127 Å². The van der Waals surface area contributed by atoms with Crippen LogP contribution in [-0.4, -0.2) is 41.5 Å². The fraction of sp³-hybridized carbons (Fsp3) is 0.714. The van der Waals surface area contributed by atoms with Crippen LogP contribution in [0.15, 0.2) is 6.07 Å². The van der Waals surface area contributed by atoms with Crippen molar-refractivity contribution in [2.75, 3.05) is 18.1 Å². The van der Waals surface area contributed by atoms with Gasteiger partial charge in [0.2, 0.25) is 10.0 Å². The number of nitrogens with one attached hydrogen (secondary N) is 1. The van der Waals surface area contributed by atoms with E-state index in [4.69, 9.17) is 0 Å². The van der Waals surface area contributed by atoms with E-state index in [0.717, 1.165) is 30.8 Å². The van der Waals surface area contributed by atoms with E-state index in [-0.39, 0.29) is 12.1 Å². The summed E-state index contributed by atoms with van der Waals surface area (Å²) in [4.78, 5) is 9.00. The van der Waals surface area contributed by atoms with Crippen LogP contribution >= 0.6 is 0 Å². The van der Waals surface area contributed by atoms with E-state index in [0.29, 0.717) is 12.4 Å². The van der Waals surface area contributed by atoms with E-state index < -0.39 is 10.0 Å². The number of hydrogen-bond donors (Lipinski definition) is 1. The molecule has 0 saturated carbocycles. The minimum absolute atomic E-state index is 0.249. The topological polar surface area (TPSA) is 75.2 Å². The van der Waals surface area contributed by atoms with E-state index in [2.05, 4.69) is 15.3 Å². The fourth-order valence-corrected chi connectivity index (χ4v) is 3.79. The quantitative estimate of drug-likeness (QED) is 0.921. The standard InChI is InChI=1S/C14H24N4O2S/c1-10(2)15-13-9-11(3)16-14(17-13)12-7-5-6-8-18(12)21(4,19)20/h9-10,12H,5-8H2,1-4H3,(H,15,16,17). The first-order valence-corrected chi connectivity index (χ1v) is 9.21. The van der Waals surface area contributed by atoms with Gasteiger partial charge in [-0.25, -0.2) is 18.4 Å². The molecule has 1 aromatic rings. The average Bonchev–Trinajstić information content (AvgIpc) is 2.36. The number of piperidine rings is 1. The molecular weight excluding hydrogens is 288 g/mol. The van der Waals surface area contributed by atoms with Crippen LogP contribution in [0.3, 0.4) is 0 Å². The zero-order chi connectivity index (χ0) is 15.6. The summed E-state index contributed by atoms with van der Waals surface area (Å²) in [5, 5.41) is 3.26. The van der Waals surface area contributed by atoms with Crippen LogP contribution < -0.4 is 5.32 Å². The fourth-order valence-electron chi connectivity index (χ4n) is 2.67. The second-order valence-electron chi connectivity index (χ2n) is 5.94. The Hall–Kier alpha value is -1.21.